The minimum atomic E-state index is -3.89. The molecule has 0 saturated carbocycles. The molecule has 32 heavy (non-hydrogen) atoms. The van der Waals surface area contributed by atoms with E-state index in [2.05, 4.69) is 4.90 Å². The Morgan fingerprint density at radius 1 is 1.00 bits per heavy atom. The summed E-state index contributed by atoms with van der Waals surface area (Å²) in [6.45, 7) is 3.61. The smallest absolute Gasteiger partial charge is 0.310 e. The van der Waals surface area contributed by atoms with Crippen molar-refractivity contribution in [3.05, 3.63) is 46.5 Å². The highest BCUT2D eigenvalue weighted by Gasteiger charge is 2.32. The van der Waals surface area contributed by atoms with Crippen LogP contribution in [0.15, 0.2) is 35.2 Å². The average Bonchev–Trinajstić information content (AvgIpc) is 2.80. The Labute approximate surface area is 193 Å². The average molecular weight is 483 g/mol. The minimum absolute atomic E-state index is 0.00735. The topological polar surface area (TPSA) is 85.4 Å². The van der Waals surface area contributed by atoms with E-state index in [9.17, 15) is 13.2 Å². The molecule has 0 aliphatic carbocycles. The normalized spacial score (nSPS) is 14.8. The van der Waals surface area contributed by atoms with Gasteiger partial charge in [-0.15, -0.1) is 0 Å². The van der Waals surface area contributed by atoms with Crippen LogP contribution >= 0.6 is 11.6 Å². The molecule has 10 heteroatoms. The molecule has 0 N–H and O–H groups in total. The van der Waals surface area contributed by atoms with Crippen LogP contribution in [0.3, 0.4) is 0 Å². The van der Waals surface area contributed by atoms with Gasteiger partial charge in [0.1, 0.15) is 0 Å². The lowest BCUT2D eigenvalue weighted by Gasteiger charge is -2.36. The van der Waals surface area contributed by atoms with Crippen molar-refractivity contribution < 1.29 is 27.4 Å². The van der Waals surface area contributed by atoms with Crippen LogP contribution in [0.5, 0.6) is 11.5 Å². The van der Waals surface area contributed by atoms with Crippen molar-refractivity contribution >= 4 is 33.3 Å². The van der Waals surface area contributed by atoms with Crippen molar-refractivity contribution in [1.82, 2.24) is 4.31 Å². The molecule has 2 aromatic rings. The monoisotopic (exact) mass is 482 g/mol. The summed E-state index contributed by atoms with van der Waals surface area (Å²) in [4.78, 5) is 14.1. The molecule has 0 aromatic heterocycles. The van der Waals surface area contributed by atoms with E-state index in [0.29, 0.717) is 42.5 Å². The molecule has 0 unspecified atom stereocenters. The summed E-state index contributed by atoms with van der Waals surface area (Å²) < 4.78 is 43.8. The number of halogens is 1. The highest BCUT2D eigenvalue weighted by Crippen LogP contribution is 2.35. The second-order valence-corrected chi connectivity index (χ2v) is 9.73. The Balaban J connectivity index is 1.90. The first kappa shape index (κ1) is 24.2. The number of anilines is 1. The number of methoxy groups -OCH3 is 3. The Hall–Kier alpha value is -2.49. The fourth-order valence-electron chi connectivity index (χ4n) is 3.74. The number of carbonyl (C=O) groups is 1. The van der Waals surface area contributed by atoms with Crippen molar-refractivity contribution in [2.75, 3.05) is 52.4 Å². The molecular weight excluding hydrogens is 456 g/mol. The molecule has 1 saturated heterocycles. The number of aryl methyl sites for hydroxylation is 1. The summed E-state index contributed by atoms with van der Waals surface area (Å²) in [5.41, 5.74) is 2.36. The number of esters is 1. The number of nitrogens with zero attached hydrogens (tertiary/aromatic N) is 2. The van der Waals surface area contributed by atoms with Crippen LogP contribution in [-0.2, 0) is 26.0 Å². The largest absolute Gasteiger partial charge is 0.493 e. The number of rotatable bonds is 7. The van der Waals surface area contributed by atoms with Crippen molar-refractivity contribution in [2.45, 2.75) is 18.2 Å². The van der Waals surface area contributed by atoms with Crippen LogP contribution in [-0.4, -0.2) is 66.2 Å². The van der Waals surface area contributed by atoms with E-state index in [1.165, 1.54) is 37.8 Å². The van der Waals surface area contributed by atoms with E-state index in [1.54, 1.807) is 0 Å². The second-order valence-electron chi connectivity index (χ2n) is 7.39. The third-order valence-corrected chi connectivity index (χ3v) is 7.71. The Kier molecular flexibility index (Phi) is 7.53. The van der Waals surface area contributed by atoms with Gasteiger partial charge in [0.15, 0.2) is 11.5 Å². The van der Waals surface area contributed by atoms with Crippen LogP contribution < -0.4 is 14.4 Å². The van der Waals surface area contributed by atoms with Crippen LogP contribution in [0, 0.1) is 6.92 Å². The zero-order valence-corrected chi connectivity index (χ0v) is 20.1. The maximum atomic E-state index is 13.5. The first-order valence-corrected chi connectivity index (χ1v) is 11.9. The fourth-order valence-corrected chi connectivity index (χ4v) is 5.55. The van der Waals surface area contributed by atoms with E-state index < -0.39 is 16.0 Å². The molecule has 1 aliphatic heterocycles. The summed E-state index contributed by atoms with van der Waals surface area (Å²) in [5.74, 6) is 0.0643. The third-order valence-electron chi connectivity index (χ3n) is 5.50. The van der Waals surface area contributed by atoms with Gasteiger partial charge in [-0.2, -0.15) is 4.31 Å². The summed E-state index contributed by atoms with van der Waals surface area (Å²) in [5, 5.41) is 0.637. The summed E-state index contributed by atoms with van der Waals surface area (Å²) in [7, 11) is 0.248. The minimum Gasteiger partial charge on any atom is -0.493 e. The Morgan fingerprint density at radius 3 is 2.22 bits per heavy atom. The fraction of sp³-hybridized carbons (Fsp3) is 0.409. The van der Waals surface area contributed by atoms with E-state index in [4.69, 9.17) is 25.8 Å². The van der Waals surface area contributed by atoms with Crippen LogP contribution in [0.4, 0.5) is 5.69 Å². The molecule has 0 atom stereocenters. The molecule has 2 aromatic carbocycles. The Bertz CT molecular complexity index is 1100. The van der Waals surface area contributed by atoms with Gasteiger partial charge >= 0.3 is 5.97 Å². The molecule has 0 bridgehead atoms. The van der Waals surface area contributed by atoms with Crippen LogP contribution in [0.25, 0.3) is 0 Å². The number of carbonyl (C=O) groups excluding carboxylic acids is 1. The van der Waals surface area contributed by atoms with Gasteiger partial charge < -0.3 is 19.1 Å². The molecule has 8 nitrogen and oxygen atoms in total. The van der Waals surface area contributed by atoms with Gasteiger partial charge in [0, 0.05) is 43.0 Å². The number of hydrogen-bond donors (Lipinski definition) is 0. The first-order chi connectivity index (χ1) is 15.2. The van der Waals surface area contributed by atoms with Crippen molar-refractivity contribution in [2.24, 2.45) is 0 Å². The maximum absolute atomic E-state index is 13.5. The van der Waals surface area contributed by atoms with Gasteiger partial charge in [-0.05, 0) is 36.2 Å². The molecule has 1 aliphatic rings. The molecule has 1 heterocycles. The number of benzene rings is 2. The van der Waals surface area contributed by atoms with Crippen molar-refractivity contribution in [3.8, 4) is 11.5 Å². The van der Waals surface area contributed by atoms with Gasteiger partial charge in [-0.3, -0.25) is 4.79 Å². The molecule has 174 valence electrons. The first-order valence-electron chi connectivity index (χ1n) is 10.0. The van der Waals surface area contributed by atoms with Gasteiger partial charge in [0.2, 0.25) is 10.0 Å². The van der Waals surface area contributed by atoms with E-state index >= 15 is 0 Å². The molecule has 0 radical (unpaired) electrons. The zero-order valence-electron chi connectivity index (χ0n) is 18.6. The summed E-state index contributed by atoms with van der Waals surface area (Å²) in [6, 6.07) is 8.59. The molecule has 3 rings (SSSR count). The molecule has 1 fully saturated rings. The summed E-state index contributed by atoms with van der Waals surface area (Å²) in [6.07, 6.45) is -0.201. The number of hydrogen-bond acceptors (Lipinski definition) is 7. The van der Waals surface area contributed by atoms with Gasteiger partial charge in [0.25, 0.3) is 0 Å². The molecular formula is C22H27ClN2O6S. The van der Waals surface area contributed by atoms with Crippen molar-refractivity contribution in [1.29, 1.82) is 0 Å². The van der Waals surface area contributed by atoms with E-state index in [0.717, 1.165) is 11.3 Å². The second kappa shape index (κ2) is 9.97. The summed E-state index contributed by atoms with van der Waals surface area (Å²) >= 11 is 6.15. The molecule has 0 amide bonds. The van der Waals surface area contributed by atoms with E-state index in [-0.39, 0.29) is 17.1 Å². The predicted octanol–water partition coefficient (Wildman–Crippen LogP) is 2.89. The zero-order chi connectivity index (χ0) is 23.5. The van der Waals surface area contributed by atoms with Crippen LogP contribution in [0.2, 0.25) is 5.02 Å². The van der Waals surface area contributed by atoms with Crippen LogP contribution in [0.1, 0.15) is 11.1 Å². The quantitative estimate of drug-likeness (QED) is 0.561. The lowest BCUT2D eigenvalue weighted by molar-refractivity contribution is -0.139. The molecule has 0 spiro atoms. The Morgan fingerprint density at radius 2 is 1.62 bits per heavy atom. The SMILES string of the molecule is COC(=O)Cc1cc(OC)c(OC)cc1S(=O)(=O)N1CCN(c2cc(Cl)ccc2C)CC1. The van der Waals surface area contributed by atoms with Gasteiger partial charge in [0.05, 0.1) is 32.6 Å². The lowest BCUT2D eigenvalue weighted by atomic mass is 10.1. The number of sulfonamides is 1. The number of piperazine rings is 1. The maximum Gasteiger partial charge on any atom is 0.310 e. The van der Waals surface area contributed by atoms with E-state index in [1.807, 2.05) is 25.1 Å². The number of ether oxygens (including phenoxy) is 3. The highest BCUT2D eigenvalue weighted by atomic mass is 35.5. The van der Waals surface area contributed by atoms with Gasteiger partial charge in [-0.1, -0.05) is 17.7 Å². The third kappa shape index (κ3) is 4.95. The van der Waals surface area contributed by atoms with Crippen molar-refractivity contribution in [3.63, 3.8) is 0 Å². The lowest BCUT2D eigenvalue weighted by Crippen LogP contribution is -2.49. The van der Waals surface area contributed by atoms with Gasteiger partial charge in [-0.25, -0.2) is 8.42 Å². The predicted molar refractivity (Wildman–Crippen MR) is 122 cm³/mol. The standard InChI is InChI=1S/C22H27ClN2O6S/c1-15-5-6-17(23)13-18(15)24-7-9-25(10-8-24)32(27,28)21-14-20(30-3)19(29-2)11-16(21)12-22(26)31-4/h5-6,11,13-14H,7-10,12H2,1-4H3. The highest BCUT2D eigenvalue weighted by molar-refractivity contribution is 7.89.